The average molecular weight is 335 g/mol. The molecule has 1 aromatic carbocycles. The molecule has 1 heterocycles. The number of aryl methyl sites for hydroxylation is 1. The molecule has 2 aromatic rings. The molecule has 0 saturated carbocycles. The lowest BCUT2D eigenvalue weighted by atomic mass is 10.1. The lowest BCUT2D eigenvalue weighted by Gasteiger charge is -2.11. The Morgan fingerprint density at radius 1 is 1.48 bits per heavy atom. The van der Waals surface area contributed by atoms with E-state index in [1.54, 1.807) is 12.1 Å². The highest BCUT2D eigenvalue weighted by Crippen LogP contribution is 2.34. The van der Waals surface area contributed by atoms with Gasteiger partial charge in [0.2, 0.25) is 5.91 Å². The lowest BCUT2D eigenvalue weighted by molar-refractivity contribution is -0.384. The number of carbonyl (C=O) groups is 1. The van der Waals surface area contributed by atoms with Gasteiger partial charge >= 0.3 is 0 Å². The second kappa shape index (κ2) is 7.23. The summed E-state index contributed by atoms with van der Waals surface area (Å²) < 4.78 is 1.81. The number of nitrogens with two attached hydrogens (primary N) is 1. The molecule has 9 heteroatoms. The topological polar surface area (TPSA) is 117 Å². The van der Waals surface area contributed by atoms with Crippen LogP contribution in [0.3, 0.4) is 0 Å². The van der Waals surface area contributed by atoms with Gasteiger partial charge in [-0.1, -0.05) is 23.9 Å². The van der Waals surface area contributed by atoms with Crippen LogP contribution in [0, 0.1) is 10.1 Å². The summed E-state index contributed by atoms with van der Waals surface area (Å²) in [5.74, 6) is 0.296. The van der Waals surface area contributed by atoms with Crippen LogP contribution < -0.4 is 5.73 Å². The van der Waals surface area contributed by atoms with Crippen molar-refractivity contribution in [2.45, 2.75) is 30.2 Å². The number of thioether (sulfide) groups is 1. The van der Waals surface area contributed by atoms with Crippen LogP contribution in [0.4, 0.5) is 5.69 Å². The van der Waals surface area contributed by atoms with Crippen LogP contribution >= 0.6 is 11.8 Å². The van der Waals surface area contributed by atoms with Crippen molar-refractivity contribution in [1.82, 2.24) is 14.8 Å². The highest BCUT2D eigenvalue weighted by molar-refractivity contribution is 7.99. The molecule has 0 radical (unpaired) electrons. The fourth-order valence-corrected chi connectivity index (χ4v) is 2.97. The first-order chi connectivity index (χ1) is 10.9. The summed E-state index contributed by atoms with van der Waals surface area (Å²) in [5, 5.41) is 19.7. The third-order valence-corrected chi connectivity index (χ3v) is 4.54. The van der Waals surface area contributed by atoms with Crippen molar-refractivity contribution in [2.75, 3.05) is 0 Å². The van der Waals surface area contributed by atoms with Gasteiger partial charge in [-0.3, -0.25) is 14.9 Å². The Kier molecular flexibility index (Phi) is 5.32. The molecule has 1 aromatic heterocycles. The molecule has 23 heavy (non-hydrogen) atoms. The number of hydrogen-bond acceptors (Lipinski definition) is 6. The van der Waals surface area contributed by atoms with E-state index in [1.807, 2.05) is 24.6 Å². The second-order valence-electron chi connectivity index (χ2n) is 5.04. The molecule has 0 bridgehead atoms. The smallest absolute Gasteiger partial charge is 0.269 e. The predicted octanol–water partition coefficient (Wildman–Crippen LogP) is 1.99. The molecule has 0 aliphatic heterocycles. The number of nitro benzene ring substituents is 1. The van der Waals surface area contributed by atoms with Crippen LogP contribution in [0.25, 0.3) is 0 Å². The molecule has 0 spiro atoms. The molecule has 0 aliphatic carbocycles. The van der Waals surface area contributed by atoms with Crippen molar-refractivity contribution in [1.29, 1.82) is 0 Å². The maximum absolute atomic E-state index is 10.9. The third kappa shape index (κ3) is 4.28. The predicted molar refractivity (Wildman–Crippen MR) is 85.9 cm³/mol. The number of hydrogen-bond donors (Lipinski definition) is 1. The van der Waals surface area contributed by atoms with E-state index in [-0.39, 0.29) is 23.3 Å². The SMILES string of the molecule is C[C@H](Sc1nnc(CCC(N)=O)n1C)c1cccc([N+](=O)[O-])c1. The molecule has 1 amide bonds. The van der Waals surface area contributed by atoms with Gasteiger partial charge in [-0.25, -0.2) is 0 Å². The van der Waals surface area contributed by atoms with E-state index >= 15 is 0 Å². The highest BCUT2D eigenvalue weighted by Gasteiger charge is 2.16. The Bertz CT molecular complexity index is 731. The van der Waals surface area contributed by atoms with Gasteiger partial charge in [-0.05, 0) is 12.5 Å². The molecule has 1 atom stereocenters. The minimum absolute atomic E-state index is 0.0261. The largest absolute Gasteiger partial charge is 0.370 e. The zero-order chi connectivity index (χ0) is 17.0. The first kappa shape index (κ1) is 16.9. The summed E-state index contributed by atoms with van der Waals surface area (Å²) in [5.41, 5.74) is 6.04. The maximum Gasteiger partial charge on any atom is 0.269 e. The van der Waals surface area contributed by atoms with E-state index in [4.69, 9.17) is 5.73 Å². The number of rotatable bonds is 7. The van der Waals surface area contributed by atoms with Crippen LogP contribution in [-0.4, -0.2) is 25.6 Å². The summed E-state index contributed by atoms with van der Waals surface area (Å²) in [6, 6.07) is 6.53. The summed E-state index contributed by atoms with van der Waals surface area (Å²) >= 11 is 1.45. The van der Waals surface area contributed by atoms with Crippen molar-refractivity contribution in [3.63, 3.8) is 0 Å². The van der Waals surface area contributed by atoms with Crippen LogP contribution in [0.15, 0.2) is 29.4 Å². The van der Waals surface area contributed by atoms with Gasteiger partial charge in [0.05, 0.1) is 4.92 Å². The number of benzene rings is 1. The molecule has 8 nitrogen and oxygen atoms in total. The number of carbonyl (C=O) groups excluding carboxylic acids is 1. The zero-order valence-corrected chi connectivity index (χ0v) is 13.6. The first-order valence-electron chi connectivity index (χ1n) is 6.96. The summed E-state index contributed by atoms with van der Waals surface area (Å²) in [7, 11) is 1.82. The Balaban J connectivity index is 2.11. The number of non-ortho nitro benzene ring substituents is 1. The van der Waals surface area contributed by atoms with Crippen molar-refractivity contribution in [2.24, 2.45) is 12.8 Å². The van der Waals surface area contributed by atoms with Crippen LogP contribution in [0.1, 0.15) is 30.0 Å². The maximum atomic E-state index is 10.9. The number of primary amides is 1. The molecule has 2 N–H and O–H groups in total. The van der Waals surface area contributed by atoms with Crippen molar-refractivity contribution < 1.29 is 9.72 Å². The number of nitrogens with zero attached hydrogens (tertiary/aromatic N) is 4. The third-order valence-electron chi connectivity index (χ3n) is 3.35. The Hall–Kier alpha value is -2.42. The normalized spacial score (nSPS) is 12.1. The summed E-state index contributed by atoms with van der Waals surface area (Å²) in [4.78, 5) is 21.3. The van der Waals surface area contributed by atoms with E-state index in [0.29, 0.717) is 17.4 Å². The monoisotopic (exact) mass is 335 g/mol. The minimum Gasteiger partial charge on any atom is -0.370 e. The van der Waals surface area contributed by atoms with Gasteiger partial charge in [-0.15, -0.1) is 10.2 Å². The lowest BCUT2D eigenvalue weighted by Crippen LogP contribution is -2.12. The summed E-state index contributed by atoms with van der Waals surface area (Å²) in [6.45, 7) is 1.95. The Morgan fingerprint density at radius 2 is 2.22 bits per heavy atom. The Morgan fingerprint density at radius 3 is 2.87 bits per heavy atom. The van der Waals surface area contributed by atoms with Crippen LogP contribution in [0.2, 0.25) is 0 Å². The standard InChI is InChI=1S/C14H17N5O3S/c1-9(10-4-3-5-11(8-10)19(21)22)23-14-17-16-13(18(14)2)7-6-12(15)20/h3-5,8-9H,6-7H2,1-2H3,(H2,15,20)/t9-/m0/s1. The highest BCUT2D eigenvalue weighted by atomic mass is 32.2. The van der Waals surface area contributed by atoms with E-state index in [0.717, 1.165) is 5.56 Å². The van der Waals surface area contributed by atoms with Crippen molar-refractivity contribution >= 4 is 23.4 Å². The fraction of sp³-hybridized carbons (Fsp3) is 0.357. The molecule has 122 valence electrons. The van der Waals surface area contributed by atoms with Gasteiger partial charge in [0.25, 0.3) is 5.69 Å². The molecular formula is C14H17N5O3S. The van der Waals surface area contributed by atoms with Crippen LogP contribution in [-0.2, 0) is 18.3 Å². The quantitative estimate of drug-likeness (QED) is 0.470. The molecule has 0 unspecified atom stereocenters. The number of nitro groups is 1. The van der Waals surface area contributed by atoms with Crippen molar-refractivity contribution in [3.05, 3.63) is 45.8 Å². The average Bonchev–Trinajstić information content (AvgIpc) is 2.85. The minimum atomic E-state index is -0.412. The van der Waals surface area contributed by atoms with E-state index in [1.165, 1.54) is 17.8 Å². The van der Waals surface area contributed by atoms with Gasteiger partial charge in [0.1, 0.15) is 5.82 Å². The van der Waals surface area contributed by atoms with Crippen molar-refractivity contribution in [3.8, 4) is 0 Å². The van der Waals surface area contributed by atoms with Gasteiger partial charge in [-0.2, -0.15) is 0 Å². The molecule has 0 fully saturated rings. The summed E-state index contributed by atoms with van der Waals surface area (Å²) in [6.07, 6.45) is 0.654. The molecule has 2 rings (SSSR count). The van der Waals surface area contributed by atoms with Gasteiger partial charge < -0.3 is 10.3 Å². The number of amides is 1. The Labute approximate surface area is 137 Å². The first-order valence-corrected chi connectivity index (χ1v) is 7.84. The molecule has 0 aliphatic rings. The fourth-order valence-electron chi connectivity index (χ4n) is 2.02. The zero-order valence-electron chi connectivity index (χ0n) is 12.8. The van der Waals surface area contributed by atoms with Gasteiger partial charge in [0, 0.05) is 37.3 Å². The number of aromatic nitrogens is 3. The van der Waals surface area contributed by atoms with Crippen LogP contribution in [0.5, 0.6) is 0 Å². The van der Waals surface area contributed by atoms with E-state index in [9.17, 15) is 14.9 Å². The molecule has 0 saturated heterocycles. The van der Waals surface area contributed by atoms with E-state index in [2.05, 4.69) is 10.2 Å². The second-order valence-corrected chi connectivity index (χ2v) is 6.34. The van der Waals surface area contributed by atoms with Gasteiger partial charge in [0.15, 0.2) is 5.16 Å². The van der Waals surface area contributed by atoms with E-state index < -0.39 is 4.92 Å². The molecular weight excluding hydrogens is 318 g/mol.